The fourth-order valence-electron chi connectivity index (χ4n) is 1.67. The highest BCUT2D eigenvalue weighted by atomic mass is 19.4. The van der Waals surface area contributed by atoms with Crippen molar-refractivity contribution in [3.63, 3.8) is 0 Å². The van der Waals surface area contributed by atoms with Crippen molar-refractivity contribution in [2.24, 2.45) is 5.41 Å². The molecule has 0 rings (SSSR count). The average molecular weight is 526 g/mol. The number of ether oxygens (including phenoxy) is 1. The van der Waals surface area contributed by atoms with Gasteiger partial charge in [0.15, 0.2) is 6.61 Å². The van der Waals surface area contributed by atoms with E-state index in [2.05, 4.69) is 16.6 Å². The second-order valence-electron chi connectivity index (χ2n) is 6.85. The number of unbranched alkanes of at least 4 members (excludes halogenated alkanes) is 1. The topological polar surface area (TPSA) is 38.3 Å². The van der Waals surface area contributed by atoms with Gasteiger partial charge in [-0.1, -0.05) is 44.2 Å². The van der Waals surface area contributed by atoms with E-state index in [0.29, 0.717) is 25.5 Å². The second-order valence-corrected chi connectivity index (χ2v) is 6.85. The summed E-state index contributed by atoms with van der Waals surface area (Å²) in [6.07, 6.45) is 10.9. The number of alkyl halides is 3. The Morgan fingerprint density at radius 2 is 1.56 bits per heavy atom. The van der Waals surface area contributed by atoms with Crippen molar-refractivity contribution in [1.29, 1.82) is 0 Å². The molecule has 0 aliphatic rings. The molecule has 0 heterocycles. The van der Waals surface area contributed by atoms with E-state index in [9.17, 15) is 31.1 Å². The first-order valence-corrected chi connectivity index (χ1v) is 11.3. The molecule has 0 aromatic carbocycles. The summed E-state index contributed by atoms with van der Waals surface area (Å²) in [4.78, 5) is 11.9. The molecular weight excluding hydrogens is 484 g/mol. The lowest BCUT2D eigenvalue weighted by Crippen LogP contribution is -2.35. The molecule has 0 aliphatic carbocycles. The summed E-state index contributed by atoms with van der Waals surface area (Å²) in [5, 5.41) is 2.79. The number of carbonyl (C=O) groups is 1. The molecule has 0 atom stereocenters. The minimum Gasteiger partial charge on any atom is -0.492 e. The van der Waals surface area contributed by atoms with Gasteiger partial charge in [0.25, 0.3) is 0 Å². The second kappa shape index (κ2) is 28.3. The fourth-order valence-corrected chi connectivity index (χ4v) is 1.67. The third kappa shape index (κ3) is 35.6. The first kappa shape index (κ1) is 40.2. The van der Waals surface area contributed by atoms with Crippen LogP contribution in [0.4, 0.5) is 26.3 Å². The van der Waals surface area contributed by atoms with Gasteiger partial charge in [0.05, 0.1) is 24.3 Å². The third-order valence-electron chi connectivity index (χ3n) is 3.23. The zero-order valence-corrected chi connectivity index (χ0v) is 22.0. The molecular formula is C27H41F6NO2. The van der Waals surface area contributed by atoms with Crippen LogP contribution in [0, 0.1) is 5.41 Å². The largest absolute Gasteiger partial charge is 0.492 e. The van der Waals surface area contributed by atoms with Gasteiger partial charge in [-0.2, -0.15) is 13.2 Å². The Kier molecular flexibility index (Phi) is 31.6. The van der Waals surface area contributed by atoms with E-state index >= 15 is 0 Å². The maximum Gasteiger partial charge on any atom is 0.422 e. The summed E-state index contributed by atoms with van der Waals surface area (Å²) in [6, 6.07) is 0. The highest BCUT2D eigenvalue weighted by Gasteiger charge is 2.27. The minimum absolute atomic E-state index is 0.0396. The summed E-state index contributed by atoms with van der Waals surface area (Å²) in [5.41, 5.74) is -0.627. The van der Waals surface area contributed by atoms with Crippen LogP contribution in [0.3, 0.4) is 0 Å². The molecule has 36 heavy (non-hydrogen) atoms. The Labute approximate surface area is 212 Å². The summed E-state index contributed by atoms with van der Waals surface area (Å²) in [5.74, 6) is -0.905. The molecule has 0 saturated carbocycles. The molecule has 0 aliphatic heterocycles. The molecule has 0 aromatic heterocycles. The van der Waals surface area contributed by atoms with E-state index in [1.54, 1.807) is 26.0 Å². The lowest BCUT2D eigenvalue weighted by atomic mass is 9.91. The van der Waals surface area contributed by atoms with E-state index in [4.69, 9.17) is 0 Å². The van der Waals surface area contributed by atoms with Crippen LogP contribution in [-0.2, 0) is 9.53 Å². The number of amides is 1. The normalized spacial score (nSPS) is 12.2. The zero-order valence-electron chi connectivity index (χ0n) is 22.0. The predicted octanol–water partition coefficient (Wildman–Crippen LogP) is 9.16. The Bertz CT molecular complexity index is 704. The number of hydrogen-bond donors (Lipinski definition) is 1. The summed E-state index contributed by atoms with van der Waals surface area (Å²) < 4.78 is 73.8. The van der Waals surface area contributed by atoms with Crippen molar-refractivity contribution in [2.75, 3.05) is 13.2 Å². The number of hydrogen-bond acceptors (Lipinski definition) is 2. The minimum atomic E-state index is -4.31. The van der Waals surface area contributed by atoms with Crippen molar-refractivity contribution >= 4 is 5.91 Å². The van der Waals surface area contributed by atoms with Gasteiger partial charge in [-0.25, -0.2) is 13.2 Å². The fraction of sp³-hybridized carbons (Fsp3) is 0.444. The van der Waals surface area contributed by atoms with Crippen LogP contribution >= 0.6 is 0 Å². The van der Waals surface area contributed by atoms with Gasteiger partial charge in [0.2, 0.25) is 5.91 Å². The van der Waals surface area contributed by atoms with Crippen molar-refractivity contribution in [3.05, 3.63) is 86.0 Å². The highest BCUT2D eigenvalue weighted by molar-refractivity contribution is 5.83. The summed E-state index contributed by atoms with van der Waals surface area (Å²) in [7, 11) is 0. The van der Waals surface area contributed by atoms with Crippen LogP contribution in [0.5, 0.6) is 0 Å². The Morgan fingerprint density at radius 1 is 1.00 bits per heavy atom. The number of carbonyl (C=O) groups excluding carboxylic acids is 1. The number of halogens is 6. The first-order chi connectivity index (χ1) is 16.9. The molecule has 9 heteroatoms. The zero-order chi connectivity index (χ0) is 28.9. The maximum absolute atomic E-state index is 11.9. The summed E-state index contributed by atoms with van der Waals surface area (Å²) >= 11 is 0. The monoisotopic (exact) mass is 525 g/mol. The van der Waals surface area contributed by atoms with Crippen LogP contribution in [0.2, 0.25) is 0 Å². The van der Waals surface area contributed by atoms with Crippen LogP contribution < -0.4 is 5.32 Å². The number of nitrogens with one attached hydrogen (secondary N) is 1. The highest BCUT2D eigenvalue weighted by Crippen LogP contribution is 2.18. The van der Waals surface area contributed by atoms with Crippen molar-refractivity contribution in [3.8, 4) is 0 Å². The Balaban J connectivity index is -0.000000302. The quantitative estimate of drug-likeness (QED) is 0.0960. The molecule has 3 nitrogen and oxygen atoms in total. The standard InChI is InChI=1S/C16H24F3NO2.C6H5F3.C3H6.C2H6/c1-4-5-11-20-14(21)15(2,3)10-8-6-7-9-12-22-13-16(17,18)19;7-4-1-2-6(9)3-5-8;1-3-2;1-2/h4-5,8-10,12H,6-7,11,13H2,1-3H3,(H,20,21);1-5H;3H,1H2,2H3;1-2H3/b5-4+,10-8+,12-9+;4-1+,5-3+,6-2+;;. The molecule has 0 bridgehead atoms. The molecule has 1 amide bonds. The molecule has 0 saturated heterocycles. The number of allylic oxidation sites excluding steroid dienone is 8. The lowest BCUT2D eigenvalue weighted by Gasteiger charge is -2.18. The van der Waals surface area contributed by atoms with E-state index < -0.39 is 24.0 Å². The van der Waals surface area contributed by atoms with Gasteiger partial charge >= 0.3 is 6.18 Å². The van der Waals surface area contributed by atoms with E-state index in [1.165, 1.54) is 6.08 Å². The Morgan fingerprint density at radius 3 is 2.03 bits per heavy atom. The van der Waals surface area contributed by atoms with Gasteiger partial charge in [0, 0.05) is 12.6 Å². The van der Waals surface area contributed by atoms with Crippen molar-refractivity contribution < 1.29 is 35.9 Å². The van der Waals surface area contributed by atoms with Crippen molar-refractivity contribution in [1.82, 2.24) is 5.32 Å². The van der Waals surface area contributed by atoms with Gasteiger partial charge in [0.1, 0.15) is 5.83 Å². The van der Waals surface area contributed by atoms with Gasteiger partial charge in [-0.3, -0.25) is 4.79 Å². The Hall–Kier alpha value is -2.97. The van der Waals surface area contributed by atoms with Crippen LogP contribution in [-0.4, -0.2) is 25.2 Å². The van der Waals surface area contributed by atoms with E-state index in [0.717, 1.165) is 18.4 Å². The molecule has 0 radical (unpaired) electrons. The molecule has 0 fully saturated rings. The first-order valence-electron chi connectivity index (χ1n) is 11.3. The van der Waals surface area contributed by atoms with Gasteiger partial charge in [-0.15, -0.1) is 6.58 Å². The third-order valence-corrected chi connectivity index (χ3v) is 3.23. The smallest absolute Gasteiger partial charge is 0.422 e. The maximum atomic E-state index is 11.9. The predicted molar refractivity (Wildman–Crippen MR) is 138 cm³/mol. The van der Waals surface area contributed by atoms with Crippen LogP contribution in [0.15, 0.2) is 86.0 Å². The van der Waals surface area contributed by atoms with Gasteiger partial charge in [-0.05, 0) is 58.8 Å². The lowest BCUT2D eigenvalue weighted by molar-refractivity contribution is -0.161. The molecule has 208 valence electrons. The average Bonchev–Trinajstić information content (AvgIpc) is 2.81. The molecule has 0 unspecified atom stereocenters. The van der Waals surface area contributed by atoms with Crippen LogP contribution in [0.1, 0.15) is 54.4 Å². The van der Waals surface area contributed by atoms with Crippen LogP contribution in [0.25, 0.3) is 0 Å². The molecule has 0 aromatic rings. The van der Waals surface area contributed by atoms with Gasteiger partial charge < -0.3 is 10.1 Å². The van der Waals surface area contributed by atoms with Crippen molar-refractivity contribution in [2.45, 2.75) is 60.6 Å². The molecule has 1 N–H and O–H groups in total. The SMILES string of the molecule is C/C=C/CNC(=O)C(C)(C)/C=C/CC/C=C/OCC(F)(F)F.C=CC.CC.F/C=C/C=C(F)\C=C\F. The van der Waals surface area contributed by atoms with E-state index in [1.807, 2.05) is 45.9 Å². The van der Waals surface area contributed by atoms with E-state index in [-0.39, 0.29) is 18.6 Å². The number of rotatable bonds is 11. The summed E-state index contributed by atoms with van der Waals surface area (Å²) in [6.45, 7) is 13.9. The molecule has 0 spiro atoms.